The fraction of sp³-hybridized carbons (Fsp3) is 0.296. The van der Waals surface area contributed by atoms with Gasteiger partial charge in [0.05, 0.1) is 17.6 Å². The zero-order valence-electron chi connectivity index (χ0n) is 20.7. The van der Waals surface area contributed by atoms with Crippen molar-refractivity contribution in [2.24, 2.45) is 5.92 Å². The summed E-state index contributed by atoms with van der Waals surface area (Å²) in [5.74, 6) is -0.947. The number of oxazole rings is 1. The number of amides is 1. The standard InChI is InChI=1S/C27H24ClF4N5O2/c1-2-37-14-20(24(35-37)27(30,31)32)18-9-15(13-36-7-8-39-26(36)33)10-19(11-18)25(38)34-23(16-3-4-16)17-5-6-22(29)21(28)12-17/h5-12,14,16,23,33H,2-4,13H2,1H3,(H,34,38). The smallest absolute Gasteiger partial charge is 0.432 e. The van der Waals surface area contributed by atoms with Crippen molar-refractivity contribution < 1.29 is 26.8 Å². The molecule has 2 N–H and O–H groups in total. The summed E-state index contributed by atoms with van der Waals surface area (Å²) in [6.07, 6.45) is 1.16. The third-order valence-corrected chi connectivity index (χ3v) is 6.93. The van der Waals surface area contributed by atoms with Gasteiger partial charge in [-0.15, -0.1) is 0 Å². The second-order valence-corrected chi connectivity index (χ2v) is 9.87. The van der Waals surface area contributed by atoms with E-state index < -0.39 is 29.6 Å². The Labute approximate surface area is 225 Å². The van der Waals surface area contributed by atoms with E-state index in [9.17, 15) is 22.4 Å². The van der Waals surface area contributed by atoms with Crippen LogP contribution in [0.4, 0.5) is 17.6 Å². The predicted molar refractivity (Wildman–Crippen MR) is 134 cm³/mol. The Morgan fingerprint density at radius 2 is 2.03 bits per heavy atom. The number of benzene rings is 2. The van der Waals surface area contributed by atoms with Crippen molar-refractivity contribution >= 4 is 17.5 Å². The van der Waals surface area contributed by atoms with E-state index in [1.807, 2.05) is 0 Å². The first-order valence-corrected chi connectivity index (χ1v) is 12.6. The van der Waals surface area contributed by atoms with Crippen LogP contribution in [0.1, 0.15) is 53.0 Å². The van der Waals surface area contributed by atoms with E-state index in [0.29, 0.717) is 11.1 Å². The molecule has 1 aliphatic rings. The van der Waals surface area contributed by atoms with Gasteiger partial charge in [0.1, 0.15) is 12.1 Å². The third kappa shape index (κ3) is 5.78. The second kappa shape index (κ2) is 10.4. The number of carbonyl (C=O) groups is 1. The van der Waals surface area contributed by atoms with Gasteiger partial charge >= 0.3 is 6.18 Å². The van der Waals surface area contributed by atoms with Crippen molar-refractivity contribution in [3.8, 4) is 11.1 Å². The van der Waals surface area contributed by atoms with Gasteiger partial charge in [0.25, 0.3) is 11.6 Å². The molecule has 2 aromatic heterocycles. The summed E-state index contributed by atoms with van der Waals surface area (Å²) in [5.41, 5.74) is 0.0628. The number of aromatic nitrogens is 3. The number of rotatable bonds is 8. The molecule has 5 rings (SSSR count). The van der Waals surface area contributed by atoms with E-state index in [0.717, 1.165) is 12.8 Å². The summed E-state index contributed by atoms with van der Waals surface area (Å²) in [6.45, 7) is 2.00. The summed E-state index contributed by atoms with van der Waals surface area (Å²) < 4.78 is 63.1. The Kier molecular flexibility index (Phi) is 7.11. The van der Waals surface area contributed by atoms with Crippen LogP contribution in [-0.4, -0.2) is 20.3 Å². The lowest BCUT2D eigenvalue weighted by atomic mass is 9.98. The average Bonchev–Trinajstić information content (AvgIpc) is 3.50. The molecule has 39 heavy (non-hydrogen) atoms. The molecule has 0 bridgehead atoms. The first-order valence-electron chi connectivity index (χ1n) is 12.3. The van der Waals surface area contributed by atoms with E-state index in [1.165, 1.54) is 46.1 Å². The van der Waals surface area contributed by atoms with Crippen molar-refractivity contribution in [1.29, 1.82) is 5.41 Å². The van der Waals surface area contributed by atoms with E-state index in [4.69, 9.17) is 21.4 Å². The molecule has 12 heteroatoms. The molecule has 7 nitrogen and oxygen atoms in total. The van der Waals surface area contributed by atoms with Crippen LogP contribution in [0.3, 0.4) is 0 Å². The molecule has 0 spiro atoms. The summed E-state index contributed by atoms with van der Waals surface area (Å²) in [5, 5.41) is 14.5. The average molecular weight is 562 g/mol. The van der Waals surface area contributed by atoms with Gasteiger partial charge < -0.3 is 9.73 Å². The Hall–Kier alpha value is -3.86. The lowest BCUT2D eigenvalue weighted by Crippen LogP contribution is -2.30. The number of carbonyl (C=O) groups excluding carboxylic acids is 1. The number of aryl methyl sites for hydroxylation is 1. The minimum absolute atomic E-state index is 0.0624. The monoisotopic (exact) mass is 561 g/mol. The molecular formula is C27H24ClF4N5O2. The molecule has 0 saturated heterocycles. The third-order valence-electron chi connectivity index (χ3n) is 6.64. The Morgan fingerprint density at radius 1 is 1.26 bits per heavy atom. The van der Waals surface area contributed by atoms with Crippen molar-refractivity contribution in [3.05, 3.63) is 94.0 Å². The summed E-state index contributed by atoms with van der Waals surface area (Å²) in [7, 11) is 0. The SMILES string of the molecule is CCn1cc(-c2cc(Cn3ccoc3=N)cc(C(=O)NC(c3ccc(F)c(Cl)c3)C3CC3)c2)c(C(F)(F)F)n1. The summed E-state index contributed by atoms with van der Waals surface area (Å²) in [6, 6.07) is 8.34. The first kappa shape index (κ1) is 26.7. The van der Waals surface area contributed by atoms with E-state index in [2.05, 4.69) is 10.4 Å². The van der Waals surface area contributed by atoms with Gasteiger partial charge in [-0.2, -0.15) is 18.3 Å². The van der Waals surface area contributed by atoms with Gasteiger partial charge in [0.2, 0.25) is 0 Å². The topological polar surface area (TPSA) is 88.8 Å². The van der Waals surface area contributed by atoms with Gasteiger partial charge in [-0.1, -0.05) is 17.7 Å². The van der Waals surface area contributed by atoms with Gasteiger partial charge in [0, 0.05) is 30.1 Å². The molecule has 2 aromatic carbocycles. The molecule has 1 saturated carbocycles. The van der Waals surface area contributed by atoms with Gasteiger partial charge in [-0.05, 0) is 72.7 Å². The molecule has 1 atom stereocenters. The maximum absolute atomic E-state index is 13.9. The van der Waals surface area contributed by atoms with E-state index in [-0.39, 0.29) is 46.4 Å². The Bertz CT molecular complexity index is 1590. The number of hydrogen-bond donors (Lipinski definition) is 2. The summed E-state index contributed by atoms with van der Waals surface area (Å²) in [4.78, 5) is 13.5. The van der Waals surface area contributed by atoms with Crippen LogP contribution >= 0.6 is 11.6 Å². The molecular weight excluding hydrogens is 538 g/mol. The normalized spacial score (nSPS) is 14.4. The van der Waals surface area contributed by atoms with Gasteiger partial charge in [-0.25, -0.2) is 4.39 Å². The number of halogens is 5. The minimum atomic E-state index is -4.71. The quantitative estimate of drug-likeness (QED) is 0.252. The van der Waals surface area contributed by atoms with Crippen LogP contribution in [0.2, 0.25) is 5.02 Å². The molecule has 0 aliphatic heterocycles. The zero-order valence-corrected chi connectivity index (χ0v) is 21.5. The molecule has 4 aromatic rings. The number of alkyl halides is 3. The van der Waals surface area contributed by atoms with E-state index >= 15 is 0 Å². The van der Waals surface area contributed by atoms with Crippen LogP contribution in [0.15, 0.2) is 59.5 Å². The fourth-order valence-corrected chi connectivity index (χ4v) is 4.72. The van der Waals surface area contributed by atoms with Crippen LogP contribution in [-0.2, 0) is 19.3 Å². The molecule has 0 radical (unpaired) electrons. The number of nitrogens with one attached hydrogen (secondary N) is 2. The highest BCUT2D eigenvalue weighted by Crippen LogP contribution is 2.42. The van der Waals surface area contributed by atoms with Crippen molar-refractivity contribution in [2.75, 3.05) is 0 Å². The fourth-order valence-electron chi connectivity index (χ4n) is 4.53. The molecule has 1 amide bonds. The summed E-state index contributed by atoms with van der Waals surface area (Å²) >= 11 is 5.98. The molecule has 2 heterocycles. The maximum atomic E-state index is 13.9. The molecule has 204 valence electrons. The van der Waals surface area contributed by atoms with Crippen molar-refractivity contribution in [2.45, 2.75) is 45.1 Å². The minimum Gasteiger partial charge on any atom is -0.432 e. The highest BCUT2D eigenvalue weighted by molar-refractivity contribution is 6.30. The Balaban J connectivity index is 1.56. The first-order chi connectivity index (χ1) is 18.5. The van der Waals surface area contributed by atoms with Crippen molar-refractivity contribution in [3.63, 3.8) is 0 Å². The van der Waals surface area contributed by atoms with Crippen LogP contribution in [0.5, 0.6) is 0 Å². The highest BCUT2D eigenvalue weighted by atomic mass is 35.5. The largest absolute Gasteiger partial charge is 0.435 e. The molecule has 1 unspecified atom stereocenters. The number of hydrogen-bond acceptors (Lipinski definition) is 4. The lowest BCUT2D eigenvalue weighted by Gasteiger charge is -2.20. The van der Waals surface area contributed by atoms with Crippen LogP contribution in [0, 0.1) is 17.1 Å². The van der Waals surface area contributed by atoms with E-state index in [1.54, 1.807) is 25.1 Å². The van der Waals surface area contributed by atoms with Gasteiger partial charge in [0.15, 0.2) is 5.69 Å². The molecule has 1 fully saturated rings. The Morgan fingerprint density at radius 3 is 2.64 bits per heavy atom. The van der Waals surface area contributed by atoms with Crippen LogP contribution < -0.4 is 11.0 Å². The highest BCUT2D eigenvalue weighted by Gasteiger charge is 2.38. The maximum Gasteiger partial charge on any atom is 0.435 e. The molecule has 1 aliphatic carbocycles. The lowest BCUT2D eigenvalue weighted by molar-refractivity contribution is -0.141. The van der Waals surface area contributed by atoms with Gasteiger partial charge in [-0.3, -0.25) is 19.5 Å². The van der Waals surface area contributed by atoms with Crippen molar-refractivity contribution in [1.82, 2.24) is 19.7 Å². The predicted octanol–water partition coefficient (Wildman–Crippen LogP) is 6.18. The van der Waals surface area contributed by atoms with Crippen LogP contribution in [0.25, 0.3) is 11.1 Å². The second-order valence-electron chi connectivity index (χ2n) is 9.46. The zero-order chi connectivity index (χ0) is 27.9. The number of nitrogens with zero attached hydrogens (tertiary/aromatic N) is 3.